The lowest BCUT2D eigenvalue weighted by molar-refractivity contribution is 0.102. The summed E-state index contributed by atoms with van der Waals surface area (Å²) < 4.78 is 1.70. The van der Waals surface area contributed by atoms with Crippen molar-refractivity contribution in [3.8, 4) is 0 Å². The first-order valence-electron chi connectivity index (χ1n) is 9.41. The molecule has 0 atom stereocenters. The van der Waals surface area contributed by atoms with Gasteiger partial charge < -0.3 is 0 Å². The fourth-order valence-corrected chi connectivity index (χ4v) is 5.66. The summed E-state index contributed by atoms with van der Waals surface area (Å²) in [6, 6.07) is 3.42. The van der Waals surface area contributed by atoms with E-state index in [-0.39, 0.29) is 17.1 Å². The van der Waals surface area contributed by atoms with Crippen molar-refractivity contribution in [2.24, 2.45) is 0 Å². The number of fused-ring (bicyclic) bond motifs is 3. The summed E-state index contributed by atoms with van der Waals surface area (Å²) in [5, 5.41) is 1.39. The summed E-state index contributed by atoms with van der Waals surface area (Å²) in [6.45, 7) is 2.40. The predicted molar refractivity (Wildman–Crippen MR) is 115 cm³/mol. The Labute approximate surface area is 171 Å². The van der Waals surface area contributed by atoms with Crippen molar-refractivity contribution in [2.45, 2.75) is 44.3 Å². The van der Waals surface area contributed by atoms with Gasteiger partial charge in [-0.2, -0.15) is 0 Å². The Morgan fingerprint density at radius 3 is 2.86 bits per heavy atom. The number of carbonyl (C=O) groups excluding carboxylic acids is 1. The maximum atomic E-state index is 13.3. The minimum Gasteiger partial charge on any atom is -0.293 e. The van der Waals surface area contributed by atoms with Gasteiger partial charge in [0.2, 0.25) is 0 Å². The summed E-state index contributed by atoms with van der Waals surface area (Å²) in [5.74, 6) is 0.243. The number of Topliss-reactive ketones (excluding diaryl/α,β-unsaturated/α-hetero) is 1. The maximum absolute atomic E-state index is 13.3. The first-order chi connectivity index (χ1) is 13.7. The van der Waals surface area contributed by atoms with Crippen molar-refractivity contribution >= 4 is 39.1 Å². The lowest BCUT2D eigenvalue weighted by Crippen LogP contribution is -2.23. The van der Waals surface area contributed by atoms with E-state index in [4.69, 9.17) is 4.98 Å². The third kappa shape index (κ3) is 3.69. The van der Waals surface area contributed by atoms with E-state index < -0.39 is 0 Å². The second-order valence-electron chi connectivity index (χ2n) is 6.72. The molecule has 1 aliphatic rings. The number of rotatable bonds is 6. The van der Waals surface area contributed by atoms with E-state index >= 15 is 0 Å². The quantitative estimate of drug-likeness (QED) is 0.262. The van der Waals surface area contributed by atoms with Crippen LogP contribution in [0.4, 0.5) is 0 Å². The highest BCUT2D eigenvalue weighted by atomic mass is 32.2. The highest BCUT2D eigenvalue weighted by molar-refractivity contribution is 7.99. The minimum absolute atomic E-state index is 0.00445. The summed E-state index contributed by atoms with van der Waals surface area (Å²) in [6.07, 6.45) is 11.4. The topological polar surface area (TPSA) is 64.8 Å². The van der Waals surface area contributed by atoms with Gasteiger partial charge in [-0.3, -0.25) is 19.1 Å². The van der Waals surface area contributed by atoms with Gasteiger partial charge in [0.15, 0.2) is 10.9 Å². The van der Waals surface area contributed by atoms with E-state index in [0.29, 0.717) is 17.3 Å². The van der Waals surface area contributed by atoms with Crippen LogP contribution in [-0.2, 0) is 19.4 Å². The summed E-state index contributed by atoms with van der Waals surface area (Å²) in [7, 11) is 0. The van der Waals surface area contributed by atoms with Gasteiger partial charge >= 0.3 is 0 Å². The van der Waals surface area contributed by atoms with E-state index in [1.54, 1.807) is 40.4 Å². The number of carbonyl (C=O) groups is 1. The predicted octanol–water partition coefficient (Wildman–Crippen LogP) is 4.28. The van der Waals surface area contributed by atoms with Crippen LogP contribution in [0.25, 0.3) is 10.2 Å². The lowest BCUT2D eigenvalue weighted by atomic mass is 9.97. The number of pyridine rings is 1. The van der Waals surface area contributed by atoms with Gasteiger partial charge in [-0.05, 0) is 50.3 Å². The SMILES string of the molecule is C/C=C/Cn1c(SCC(=O)c2ccncc2)nc2sc3c(c2c1=O)CCCC3. The highest BCUT2D eigenvalue weighted by Crippen LogP contribution is 2.34. The molecule has 0 N–H and O–H groups in total. The number of nitrogens with zero attached hydrogens (tertiary/aromatic N) is 3. The largest absolute Gasteiger partial charge is 0.293 e. The van der Waals surface area contributed by atoms with Crippen molar-refractivity contribution in [3.05, 3.63) is 63.0 Å². The van der Waals surface area contributed by atoms with E-state index in [1.165, 1.54) is 28.6 Å². The van der Waals surface area contributed by atoms with Crippen LogP contribution in [0.1, 0.15) is 40.6 Å². The Morgan fingerprint density at radius 1 is 1.29 bits per heavy atom. The summed E-state index contributed by atoms with van der Waals surface area (Å²) in [4.78, 5) is 36.6. The minimum atomic E-state index is 0.00445. The van der Waals surface area contributed by atoms with Crippen molar-refractivity contribution in [1.29, 1.82) is 0 Å². The van der Waals surface area contributed by atoms with Crippen LogP contribution >= 0.6 is 23.1 Å². The second-order valence-corrected chi connectivity index (χ2v) is 8.74. The lowest BCUT2D eigenvalue weighted by Gasteiger charge is -2.12. The monoisotopic (exact) mass is 411 g/mol. The molecule has 4 rings (SSSR count). The average Bonchev–Trinajstić information content (AvgIpc) is 3.10. The molecule has 0 amide bonds. The van der Waals surface area contributed by atoms with Crippen molar-refractivity contribution in [3.63, 3.8) is 0 Å². The molecule has 0 bridgehead atoms. The number of aromatic nitrogens is 3. The van der Waals surface area contributed by atoms with Crippen LogP contribution < -0.4 is 5.56 Å². The fraction of sp³-hybridized carbons (Fsp3) is 0.333. The van der Waals surface area contributed by atoms with E-state index in [2.05, 4.69) is 4.98 Å². The highest BCUT2D eigenvalue weighted by Gasteiger charge is 2.22. The van der Waals surface area contributed by atoms with Gasteiger partial charge in [-0.25, -0.2) is 4.98 Å². The number of ketones is 1. The zero-order valence-corrected chi connectivity index (χ0v) is 17.3. The number of hydrogen-bond donors (Lipinski definition) is 0. The van der Waals surface area contributed by atoms with Crippen LogP contribution in [0, 0.1) is 0 Å². The molecule has 3 aromatic rings. The summed E-state index contributed by atoms with van der Waals surface area (Å²) >= 11 is 2.97. The number of allylic oxidation sites excluding steroid dienone is 2. The van der Waals surface area contributed by atoms with E-state index in [1.807, 2.05) is 19.1 Å². The molecule has 3 aromatic heterocycles. The van der Waals surface area contributed by atoms with Gasteiger partial charge in [-0.15, -0.1) is 11.3 Å². The molecule has 0 fully saturated rings. The Morgan fingerprint density at radius 2 is 2.07 bits per heavy atom. The molecular formula is C21H21N3O2S2. The van der Waals surface area contributed by atoms with Gasteiger partial charge in [0.1, 0.15) is 4.83 Å². The first kappa shape index (κ1) is 19.1. The zero-order valence-electron chi connectivity index (χ0n) is 15.7. The Bertz CT molecular complexity index is 1100. The molecule has 0 aliphatic heterocycles. The molecule has 7 heteroatoms. The molecule has 5 nitrogen and oxygen atoms in total. The standard InChI is InChI=1S/C21H21N3O2S2/c1-2-3-12-24-20(26)18-15-6-4-5-7-17(15)28-19(18)23-21(24)27-13-16(25)14-8-10-22-11-9-14/h2-3,8-11H,4-7,12-13H2,1H3/b3-2+. The van der Waals surface area contributed by atoms with Gasteiger partial charge in [-0.1, -0.05) is 23.9 Å². The van der Waals surface area contributed by atoms with E-state index in [9.17, 15) is 9.59 Å². The third-order valence-electron chi connectivity index (χ3n) is 4.90. The molecule has 0 spiro atoms. The molecule has 0 unspecified atom stereocenters. The normalized spacial score (nSPS) is 13.9. The second kappa shape index (κ2) is 8.41. The van der Waals surface area contributed by atoms with Crippen molar-refractivity contribution in [2.75, 3.05) is 5.75 Å². The number of aryl methyl sites for hydroxylation is 2. The van der Waals surface area contributed by atoms with Crippen molar-refractivity contribution < 1.29 is 4.79 Å². The first-order valence-corrected chi connectivity index (χ1v) is 11.2. The summed E-state index contributed by atoms with van der Waals surface area (Å²) in [5.41, 5.74) is 1.83. The van der Waals surface area contributed by atoms with Crippen LogP contribution in [0.2, 0.25) is 0 Å². The van der Waals surface area contributed by atoms with Crippen LogP contribution in [0.3, 0.4) is 0 Å². The molecule has 0 saturated carbocycles. The Kier molecular flexibility index (Phi) is 5.73. The molecule has 0 saturated heterocycles. The number of hydrogen-bond acceptors (Lipinski definition) is 6. The van der Waals surface area contributed by atoms with Crippen LogP contribution in [0.5, 0.6) is 0 Å². The third-order valence-corrected chi connectivity index (χ3v) is 7.06. The molecule has 3 heterocycles. The average molecular weight is 412 g/mol. The van der Waals surface area contributed by atoms with E-state index in [0.717, 1.165) is 29.5 Å². The van der Waals surface area contributed by atoms with Crippen molar-refractivity contribution in [1.82, 2.24) is 14.5 Å². The van der Waals surface area contributed by atoms with Gasteiger partial charge in [0.05, 0.1) is 11.1 Å². The van der Waals surface area contributed by atoms with Crippen LogP contribution in [-0.4, -0.2) is 26.1 Å². The number of thioether (sulfide) groups is 1. The molecular weight excluding hydrogens is 390 g/mol. The number of thiophene rings is 1. The molecule has 1 aliphatic carbocycles. The maximum Gasteiger partial charge on any atom is 0.263 e. The molecule has 0 radical (unpaired) electrons. The van der Waals surface area contributed by atoms with Crippen LogP contribution in [0.15, 0.2) is 46.6 Å². The molecule has 144 valence electrons. The molecule has 0 aromatic carbocycles. The van der Waals surface area contributed by atoms with Gasteiger partial charge in [0, 0.05) is 29.4 Å². The molecule has 28 heavy (non-hydrogen) atoms. The smallest absolute Gasteiger partial charge is 0.263 e. The Balaban J connectivity index is 1.72. The fourth-order valence-electron chi connectivity index (χ4n) is 3.45. The zero-order chi connectivity index (χ0) is 19.5. The Hall–Kier alpha value is -2.25. The van der Waals surface area contributed by atoms with Gasteiger partial charge in [0.25, 0.3) is 5.56 Å².